The summed E-state index contributed by atoms with van der Waals surface area (Å²) >= 11 is 6.21. The van der Waals surface area contributed by atoms with Crippen molar-refractivity contribution in [2.45, 2.75) is 50.7 Å². The van der Waals surface area contributed by atoms with Gasteiger partial charge in [-0.2, -0.15) is 13.2 Å². The molecule has 0 unspecified atom stereocenters. The third-order valence-corrected chi connectivity index (χ3v) is 7.39. The fourth-order valence-corrected chi connectivity index (χ4v) is 4.61. The van der Waals surface area contributed by atoms with Gasteiger partial charge in [-0.15, -0.1) is 0 Å². The molecule has 0 radical (unpaired) electrons. The fourth-order valence-electron chi connectivity index (χ4n) is 4.43. The molecule has 0 bridgehead atoms. The monoisotopic (exact) mass is 509 g/mol. The molecule has 0 heterocycles. The van der Waals surface area contributed by atoms with Crippen LogP contribution < -0.4 is 11.1 Å². The number of primary amides is 1. The fraction of sp³-hybridized carbons (Fsp3) is 0.462. The Balaban J connectivity index is 1.71. The van der Waals surface area contributed by atoms with Crippen LogP contribution in [-0.4, -0.2) is 49.6 Å². The largest absolute Gasteiger partial charge is 0.395 e. The normalized spacial score (nSPS) is 16.6. The Hall–Kier alpha value is -2.58. The van der Waals surface area contributed by atoms with Gasteiger partial charge >= 0.3 is 6.18 Å². The molecule has 1 aliphatic rings. The van der Waals surface area contributed by atoms with E-state index in [0.29, 0.717) is 22.6 Å². The minimum atomic E-state index is -4.40. The molecule has 1 saturated carbocycles. The molecule has 1 fully saturated rings. The van der Waals surface area contributed by atoms with E-state index in [-0.39, 0.29) is 31.8 Å². The highest BCUT2D eigenvalue weighted by Gasteiger charge is 2.67. The summed E-state index contributed by atoms with van der Waals surface area (Å²) in [6.07, 6.45) is -4.09. The molecule has 0 aromatic heterocycles. The van der Waals surface area contributed by atoms with Gasteiger partial charge in [0.05, 0.1) is 5.41 Å². The number of rotatable bonds is 10. The maximum Gasteiger partial charge on any atom is 0.395 e. The summed E-state index contributed by atoms with van der Waals surface area (Å²) in [5, 5.41) is 3.23. The SMILES string of the molecule is Cc1ccc([C@@H](CC(=O)NC[C@H](Cc2ccc(C(N)=O)cc2)N(C)C)C2(C(F)(F)F)CC2)cc1Cl. The highest BCUT2D eigenvalue weighted by Crippen LogP contribution is 2.66. The van der Waals surface area contributed by atoms with E-state index in [1.54, 1.807) is 49.4 Å². The topological polar surface area (TPSA) is 75.4 Å². The molecule has 2 aromatic rings. The van der Waals surface area contributed by atoms with Crippen LogP contribution in [0.15, 0.2) is 42.5 Å². The van der Waals surface area contributed by atoms with E-state index in [1.165, 1.54) is 0 Å². The average Bonchev–Trinajstić information content (AvgIpc) is 3.59. The van der Waals surface area contributed by atoms with Crippen molar-refractivity contribution >= 4 is 23.4 Å². The lowest BCUT2D eigenvalue weighted by Gasteiger charge is -2.30. The van der Waals surface area contributed by atoms with Crippen LogP contribution in [0.4, 0.5) is 13.2 Å². The van der Waals surface area contributed by atoms with E-state index in [2.05, 4.69) is 5.32 Å². The Kier molecular flexibility index (Phi) is 8.17. The van der Waals surface area contributed by atoms with E-state index in [1.807, 2.05) is 19.0 Å². The predicted molar refractivity (Wildman–Crippen MR) is 130 cm³/mol. The number of hydrogen-bond donors (Lipinski definition) is 2. The number of amides is 2. The highest BCUT2D eigenvalue weighted by atomic mass is 35.5. The second-order valence-electron chi connectivity index (χ2n) is 9.61. The lowest BCUT2D eigenvalue weighted by molar-refractivity contribution is -0.194. The number of hydrogen-bond acceptors (Lipinski definition) is 3. The molecule has 190 valence electrons. The van der Waals surface area contributed by atoms with E-state index in [4.69, 9.17) is 17.3 Å². The van der Waals surface area contributed by atoms with Crippen molar-refractivity contribution in [3.8, 4) is 0 Å². The van der Waals surface area contributed by atoms with Crippen molar-refractivity contribution < 1.29 is 22.8 Å². The van der Waals surface area contributed by atoms with Gasteiger partial charge in [-0.05, 0) is 75.2 Å². The quantitative estimate of drug-likeness (QED) is 0.480. The van der Waals surface area contributed by atoms with Crippen molar-refractivity contribution in [2.24, 2.45) is 11.1 Å². The minimum absolute atomic E-state index is 0.00155. The molecule has 35 heavy (non-hydrogen) atoms. The number of nitrogens with zero attached hydrogens (tertiary/aromatic N) is 1. The molecule has 2 atom stereocenters. The second-order valence-corrected chi connectivity index (χ2v) is 10.0. The van der Waals surface area contributed by atoms with Crippen LogP contribution in [-0.2, 0) is 11.2 Å². The van der Waals surface area contributed by atoms with Crippen molar-refractivity contribution in [2.75, 3.05) is 20.6 Å². The smallest absolute Gasteiger partial charge is 0.366 e. The number of alkyl halides is 3. The molecule has 3 N–H and O–H groups in total. The number of aryl methyl sites for hydroxylation is 1. The summed E-state index contributed by atoms with van der Waals surface area (Å²) in [5.74, 6) is -1.94. The van der Waals surface area contributed by atoms with Crippen molar-refractivity contribution in [1.82, 2.24) is 10.2 Å². The molecule has 3 rings (SSSR count). The lowest BCUT2D eigenvalue weighted by Crippen LogP contribution is -2.42. The van der Waals surface area contributed by atoms with Crippen LogP contribution >= 0.6 is 11.6 Å². The maximum absolute atomic E-state index is 14.0. The van der Waals surface area contributed by atoms with Crippen molar-refractivity contribution in [3.05, 3.63) is 69.7 Å². The van der Waals surface area contributed by atoms with Gasteiger partial charge < -0.3 is 16.0 Å². The Morgan fingerprint density at radius 3 is 2.26 bits per heavy atom. The summed E-state index contributed by atoms with van der Waals surface area (Å²) in [4.78, 5) is 26.1. The summed E-state index contributed by atoms with van der Waals surface area (Å²) in [5.41, 5.74) is 5.95. The van der Waals surface area contributed by atoms with Gasteiger partial charge in [0.25, 0.3) is 0 Å². The first-order chi connectivity index (χ1) is 16.3. The Labute approximate surface area is 208 Å². The molecule has 2 aromatic carbocycles. The first kappa shape index (κ1) is 27.0. The van der Waals surface area contributed by atoms with Gasteiger partial charge in [0, 0.05) is 35.5 Å². The third-order valence-electron chi connectivity index (χ3n) is 6.98. The number of carbonyl (C=O) groups is 2. The average molecular weight is 510 g/mol. The van der Waals surface area contributed by atoms with E-state index in [0.717, 1.165) is 11.1 Å². The highest BCUT2D eigenvalue weighted by molar-refractivity contribution is 6.31. The standard InChI is InChI=1S/C26H31ClF3N3O2/c1-16-4-7-19(13-22(16)27)21(25(10-11-25)26(28,29)30)14-23(34)32-15-20(33(2)3)12-17-5-8-18(9-6-17)24(31)35/h4-9,13,20-21H,10-12,14-15H2,1-3H3,(H2,31,35)(H,32,34)/t20-,21+/m0/s1. The van der Waals surface area contributed by atoms with Crippen molar-refractivity contribution in [1.29, 1.82) is 0 Å². The molecule has 1 aliphatic carbocycles. The molecule has 0 aliphatic heterocycles. The summed E-state index contributed by atoms with van der Waals surface area (Å²) in [6, 6.07) is 11.7. The molecule has 0 spiro atoms. The zero-order chi connectivity index (χ0) is 26.0. The van der Waals surface area contributed by atoms with Gasteiger partial charge in [-0.25, -0.2) is 0 Å². The van der Waals surface area contributed by atoms with E-state index in [9.17, 15) is 22.8 Å². The molecule has 9 heteroatoms. The van der Waals surface area contributed by atoms with Crippen molar-refractivity contribution in [3.63, 3.8) is 0 Å². The molecule has 5 nitrogen and oxygen atoms in total. The number of carbonyl (C=O) groups excluding carboxylic acids is 2. The summed E-state index contributed by atoms with van der Waals surface area (Å²) in [7, 11) is 3.74. The van der Waals surface area contributed by atoms with Gasteiger partial charge in [-0.3, -0.25) is 9.59 Å². The summed E-state index contributed by atoms with van der Waals surface area (Å²) < 4.78 is 42.0. The van der Waals surface area contributed by atoms with Crippen LogP contribution in [0.2, 0.25) is 5.02 Å². The third kappa shape index (κ3) is 6.35. The van der Waals surface area contributed by atoms with Gasteiger partial charge in [-0.1, -0.05) is 35.9 Å². The summed E-state index contributed by atoms with van der Waals surface area (Å²) in [6.45, 7) is 2.05. The first-order valence-corrected chi connectivity index (χ1v) is 11.9. The minimum Gasteiger partial charge on any atom is -0.366 e. The number of benzene rings is 2. The molecule has 2 amide bonds. The molecular weight excluding hydrogens is 479 g/mol. The molecular formula is C26H31ClF3N3O2. The van der Waals surface area contributed by atoms with E-state index >= 15 is 0 Å². The first-order valence-electron chi connectivity index (χ1n) is 11.5. The van der Waals surface area contributed by atoms with Crippen LogP contribution in [0.1, 0.15) is 52.2 Å². The van der Waals surface area contributed by atoms with Crippen LogP contribution in [0.25, 0.3) is 0 Å². The van der Waals surface area contributed by atoms with Crippen LogP contribution in [0.3, 0.4) is 0 Å². The number of nitrogens with two attached hydrogens (primary N) is 1. The van der Waals surface area contributed by atoms with Crippen LogP contribution in [0, 0.1) is 12.3 Å². The Morgan fingerprint density at radius 2 is 1.77 bits per heavy atom. The van der Waals surface area contributed by atoms with Gasteiger partial charge in [0.1, 0.15) is 0 Å². The maximum atomic E-state index is 14.0. The Bertz CT molecular complexity index is 1070. The zero-order valence-electron chi connectivity index (χ0n) is 20.1. The zero-order valence-corrected chi connectivity index (χ0v) is 20.8. The number of nitrogens with one attached hydrogen (secondary N) is 1. The Morgan fingerprint density at radius 1 is 1.14 bits per heavy atom. The van der Waals surface area contributed by atoms with Gasteiger partial charge in [0.2, 0.25) is 11.8 Å². The molecule has 0 saturated heterocycles. The number of halogens is 4. The predicted octanol–water partition coefficient (Wildman–Crippen LogP) is 4.85. The lowest BCUT2D eigenvalue weighted by atomic mass is 9.79. The van der Waals surface area contributed by atoms with Crippen LogP contribution in [0.5, 0.6) is 0 Å². The van der Waals surface area contributed by atoms with Gasteiger partial charge in [0.15, 0.2) is 0 Å². The second kappa shape index (κ2) is 10.6. The van der Waals surface area contributed by atoms with E-state index < -0.39 is 29.3 Å². The number of likely N-dealkylation sites (N-methyl/N-ethyl adjacent to an activating group) is 1.